The Morgan fingerprint density at radius 3 is 1.68 bits per heavy atom. The van der Waals surface area contributed by atoms with Crippen LogP contribution in [0.15, 0.2) is 12.2 Å². The maximum atomic E-state index is 2.42. The minimum Gasteiger partial charge on any atom is -0.0933 e. The van der Waals surface area contributed by atoms with Gasteiger partial charge < -0.3 is 0 Å². The van der Waals surface area contributed by atoms with Gasteiger partial charge >= 0.3 is 0 Å². The van der Waals surface area contributed by atoms with Crippen molar-refractivity contribution >= 4 is 21.6 Å². The molecule has 0 aromatic carbocycles. The molecule has 0 aromatic heterocycles. The minimum atomic E-state index is 0.307. The highest BCUT2D eigenvalue weighted by molar-refractivity contribution is 8.77. The third kappa shape index (κ3) is 14.1. The van der Waals surface area contributed by atoms with Crippen molar-refractivity contribution in [3.8, 4) is 0 Å². The molecule has 0 fully saturated rings. The number of hydrogen-bond acceptors (Lipinski definition) is 2. The van der Waals surface area contributed by atoms with Crippen molar-refractivity contribution in [3.05, 3.63) is 12.2 Å². The Morgan fingerprint density at radius 1 is 0.727 bits per heavy atom. The first-order valence-corrected chi connectivity index (χ1v) is 10.9. The summed E-state index contributed by atoms with van der Waals surface area (Å²) in [5.74, 6) is 1.21. The third-order valence-electron chi connectivity index (χ3n) is 3.16. The molecule has 0 aromatic rings. The molecule has 0 saturated heterocycles. The second kappa shape index (κ2) is 8.51. The molecule has 0 nitrogen and oxygen atoms in total. The Bertz CT molecular complexity index is 338. The van der Waals surface area contributed by atoms with Crippen LogP contribution >= 0.6 is 21.6 Å². The summed E-state index contributed by atoms with van der Waals surface area (Å²) in [6.07, 6.45) is 8.47. The standard InChI is InChI=1S/C20H40S2/c1-17(2,3)15-19(7,8)13-11-12-14-21-22-20(9,10)16-18(4,5)6/h11,13H,12,14-16H2,1-10H3/b13-11-. The summed E-state index contributed by atoms with van der Waals surface area (Å²) in [4.78, 5) is 0. The summed E-state index contributed by atoms with van der Waals surface area (Å²) < 4.78 is 0.359. The van der Waals surface area contributed by atoms with Gasteiger partial charge in [0.05, 0.1) is 0 Å². The van der Waals surface area contributed by atoms with Gasteiger partial charge in [-0.05, 0) is 49.4 Å². The van der Waals surface area contributed by atoms with E-state index in [4.69, 9.17) is 0 Å². The summed E-state index contributed by atoms with van der Waals surface area (Å²) in [6.45, 7) is 23.4. The highest BCUT2D eigenvalue weighted by Crippen LogP contribution is 2.43. The average molecular weight is 345 g/mol. The molecule has 0 N–H and O–H groups in total. The lowest BCUT2D eigenvalue weighted by molar-refractivity contribution is 0.262. The zero-order valence-corrected chi connectivity index (χ0v) is 18.4. The Kier molecular flexibility index (Phi) is 8.68. The molecule has 0 rings (SSSR count). The van der Waals surface area contributed by atoms with E-state index in [9.17, 15) is 0 Å². The van der Waals surface area contributed by atoms with E-state index < -0.39 is 0 Å². The Labute approximate surface area is 149 Å². The molecule has 0 radical (unpaired) electrons. The molecule has 0 aliphatic heterocycles. The maximum absolute atomic E-state index is 2.42. The Morgan fingerprint density at radius 2 is 1.23 bits per heavy atom. The van der Waals surface area contributed by atoms with E-state index >= 15 is 0 Å². The van der Waals surface area contributed by atoms with E-state index in [-0.39, 0.29) is 0 Å². The third-order valence-corrected chi connectivity index (χ3v) is 6.49. The van der Waals surface area contributed by atoms with Crippen LogP contribution in [0.2, 0.25) is 0 Å². The molecule has 0 spiro atoms. The van der Waals surface area contributed by atoms with E-state index in [0.717, 1.165) is 0 Å². The predicted octanol–water partition coefficient (Wildman–Crippen LogP) is 7.99. The van der Waals surface area contributed by atoms with Crippen LogP contribution in [0.1, 0.15) is 88.5 Å². The van der Waals surface area contributed by atoms with Gasteiger partial charge in [-0.2, -0.15) is 0 Å². The monoisotopic (exact) mass is 344 g/mol. The molecule has 2 heteroatoms. The largest absolute Gasteiger partial charge is 0.0933 e. The molecule has 0 atom stereocenters. The molecule has 22 heavy (non-hydrogen) atoms. The lowest BCUT2D eigenvalue weighted by Gasteiger charge is -2.31. The normalized spacial score (nSPS) is 14.8. The lowest BCUT2D eigenvalue weighted by Crippen LogP contribution is -2.22. The minimum absolute atomic E-state index is 0.307. The molecule has 0 saturated carbocycles. The van der Waals surface area contributed by atoms with E-state index in [1.807, 2.05) is 10.8 Å². The van der Waals surface area contributed by atoms with Crippen molar-refractivity contribution in [2.75, 3.05) is 5.75 Å². The van der Waals surface area contributed by atoms with Gasteiger partial charge in [-0.25, -0.2) is 0 Å². The second-order valence-corrected chi connectivity index (χ2v) is 13.4. The number of hydrogen-bond donors (Lipinski definition) is 0. The van der Waals surface area contributed by atoms with Gasteiger partial charge in [-0.3, -0.25) is 0 Å². The van der Waals surface area contributed by atoms with E-state index in [2.05, 4.69) is 92.2 Å². The van der Waals surface area contributed by atoms with Gasteiger partial charge in [0.25, 0.3) is 0 Å². The van der Waals surface area contributed by atoms with Crippen LogP contribution in [0.25, 0.3) is 0 Å². The topological polar surface area (TPSA) is 0 Å². The number of rotatable bonds is 8. The van der Waals surface area contributed by atoms with Gasteiger partial charge in [0.2, 0.25) is 0 Å². The quantitative estimate of drug-likeness (QED) is 0.248. The fraction of sp³-hybridized carbons (Fsp3) is 0.900. The molecule has 132 valence electrons. The van der Waals surface area contributed by atoms with Crippen molar-refractivity contribution in [3.63, 3.8) is 0 Å². The summed E-state index contributed by atoms with van der Waals surface area (Å²) >= 11 is 0. The zero-order chi connectivity index (χ0) is 17.7. The van der Waals surface area contributed by atoms with E-state index in [0.29, 0.717) is 21.0 Å². The molecular formula is C20H40S2. The van der Waals surface area contributed by atoms with Crippen LogP contribution < -0.4 is 0 Å². The van der Waals surface area contributed by atoms with Crippen LogP contribution in [0.5, 0.6) is 0 Å². The maximum Gasteiger partial charge on any atom is 0.0212 e. The predicted molar refractivity (Wildman–Crippen MR) is 110 cm³/mol. The summed E-state index contributed by atoms with van der Waals surface area (Å²) in [6, 6.07) is 0. The van der Waals surface area contributed by atoms with Crippen LogP contribution in [-0.2, 0) is 0 Å². The van der Waals surface area contributed by atoms with Crippen molar-refractivity contribution in [1.29, 1.82) is 0 Å². The van der Waals surface area contributed by atoms with Crippen LogP contribution in [0.3, 0.4) is 0 Å². The van der Waals surface area contributed by atoms with Gasteiger partial charge in [0.1, 0.15) is 0 Å². The summed E-state index contributed by atoms with van der Waals surface area (Å²) in [7, 11) is 4.09. The lowest BCUT2D eigenvalue weighted by atomic mass is 9.76. The van der Waals surface area contributed by atoms with E-state index in [1.165, 1.54) is 25.0 Å². The zero-order valence-electron chi connectivity index (χ0n) is 16.8. The molecule has 0 unspecified atom stereocenters. The summed E-state index contributed by atoms with van der Waals surface area (Å²) in [5.41, 5.74) is 1.12. The smallest absolute Gasteiger partial charge is 0.0212 e. The molecular weight excluding hydrogens is 304 g/mol. The fourth-order valence-corrected chi connectivity index (χ4v) is 6.25. The highest BCUT2D eigenvalue weighted by atomic mass is 33.1. The van der Waals surface area contributed by atoms with Gasteiger partial charge in [0, 0.05) is 10.5 Å². The average Bonchev–Trinajstić information content (AvgIpc) is 2.15. The molecule has 0 bridgehead atoms. The molecule has 0 heterocycles. The molecule has 0 aliphatic carbocycles. The van der Waals surface area contributed by atoms with E-state index in [1.54, 1.807) is 0 Å². The second-order valence-electron chi connectivity index (χ2n) is 10.3. The van der Waals surface area contributed by atoms with Crippen LogP contribution in [0.4, 0.5) is 0 Å². The van der Waals surface area contributed by atoms with Crippen molar-refractivity contribution in [1.82, 2.24) is 0 Å². The number of allylic oxidation sites excluding steroid dienone is 2. The van der Waals surface area contributed by atoms with Crippen LogP contribution in [-0.4, -0.2) is 10.5 Å². The van der Waals surface area contributed by atoms with Crippen molar-refractivity contribution < 1.29 is 0 Å². The van der Waals surface area contributed by atoms with Gasteiger partial charge in [0.15, 0.2) is 0 Å². The van der Waals surface area contributed by atoms with Gasteiger partial charge in [-0.15, -0.1) is 0 Å². The molecule has 0 aliphatic rings. The fourth-order valence-electron chi connectivity index (χ4n) is 3.45. The van der Waals surface area contributed by atoms with Crippen LogP contribution in [0, 0.1) is 16.2 Å². The Hall–Kier alpha value is 0.440. The van der Waals surface area contributed by atoms with Crippen molar-refractivity contribution in [2.24, 2.45) is 16.2 Å². The molecule has 0 amide bonds. The first-order chi connectivity index (χ1) is 9.62. The first kappa shape index (κ1) is 22.4. The Balaban J connectivity index is 4.06. The first-order valence-electron chi connectivity index (χ1n) is 8.60. The van der Waals surface area contributed by atoms with Crippen molar-refractivity contribution in [2.45, 2.75) is 93.2 Å². The van der Waals surface area contributed by atoms with Gasteiger partial charge in [-0.1, -0.05) is 89.1 Å². The highest BCUT2D eigenvalue weighted by Gasteiger charge is 2.26. The SMILES string of the molecule is CC(C)(C)CC(C)(C)/C=C\CCSSC(C)(C)CC(C)(C)C. The summed E-state index contributed by atoms with van der Waals surface area (Å²) in [5, 5.41) is 0.